The van der Waals surface area contributed by atoms with Crippen molar-refractivity contribution in [3.63, 3.8) is 0 Å². The first-order valence-corrected chi connectivity index (χ1v) is 10.3. The molecule has 156 valence electrons. The number of fused-ring (bicyclic) bond motifs is 1. The molecule has 1 aliphatic heterocycles. The number of amides is 1. The van der Waals surface area contributed by atoms with Crippen LogP contribution in [0.5, 0.6) is 17.2 Å². The van der Waals surface area contributed by atoms with Crippen LogP contribution in [0, 0.1) is 0 Å². The van der Waals surface area contributed by atoms with Crippen molar-refractivity contribution in [2.24, 2.45) is 0 Å². The zero-order valence-corrected chi connectivity index (χ0v) is 18.3. The molecule has 0 unspecified atom stereocenters. The van der Waals surface area contributed by atoms with Gasteiger partial charge in [0.2, 0.25) is 5.91 Å². The number of halogens is 2. The number of rotatable bonds is 7. The molecule has 2 aromatic carbocycles. The average Bonchev–Trinajstić information content (AvgIpc) is 2.71. The average molecular weight is 438 g/mol. The molecule has 1 heterocycles. The Labute approximate surface area is 181 Å². The summed E-state index contributed by atoms with van der Waals surface area (Å²) in [4.78, 5) is 14.7. The van der Waals surface area contributed by atoms with Crippen LogP contribution >= 0.6 is 23.2 Å². The van der Waals surface area contributed by atoms with Gasteiger partial charge in [0.15, 0.2) is 11.5 Å². The number of benzene rings is 2. The fourth-order valence-electron chi connectivity index (χ4n) is 3.63. The normalized spacial score (nSPS) is 15.6. The minimum atomic E-state index is -0.0160. The zero-order chi connectivity index (χ0) is 21.0. The van der Waals surface area contributed by atoms with Crippen molar-refractivity contribution in [3.8, 4) is 17.2 Å². The maximum absolute atomic E-state index is 12.8. The molecule has 0 aliphatic carbocycles. The number of nitrogens with zero attached hydrogens (tertiary/aromatic N) is 1. The third-order valence-electron chi connectivity index (χ3n) is 5.19. The third kappa shape index (κ3) is 4.90. The number of hydrogen-bond acceptors (Lipinski definition) is 4. The quantitative estimate of drug-likeness (QED) is 0.550. The van der Waals surface area contributed by atoms with Crippen LogP contribution in [-0.2, 0) is 11.2 Å². The number of carbonyl (C=O) groups excluding carboxylic acids is 1. The fraction of sp³-hybridized carbons (Fsp3) is 0.409. The summed E-state index contributed by atoms with van der Waals surface area (Å²) in [7, 11) is 3.25. The highest BCUT2D eigenvalue weighted by atomic mass is 35.5. The Morgan fingerprint density at radius 1 is 1.10 bits per heavy atom. The van der Waals surface area contributed by atoms with Gasteiger partial charge in [-0.2, -0.15) is 0 Å². The van der Waals surface area contributed by atoms with Crippen LogP contribution in [0.4, 0.5) is 0 Å². The molecule has 0 N–H and O–H groups in total. The third-order valence-corrected chi connectivity index (χ3v) is 5.72. The number of methoxy groups -OCH3 is 2. The lowest BCUT2D eigenvalue weighted by molar-refractivity contribution is -0.134. The fourth-order valence-corrected chi connectivity index (χ4v) is 4.09. The molecule has 0 fully saturated rings. The first-order chi connectivity index (χ1) is 13.9. The van der Waals surface area contributed by atoms with Crippen LogP contribution in [0.1, 0.15) is 36.9 Å². The monoisotopic (exact) mass is 437 g/mol. The Bertz CT molecular complexity index is 887. The van der Waals surface area contributed by atoms with E-state index in [0.29, 0.717) is 47.5 Å². The van der Waals surface area contributed by atoms with Gasteiger partial charge in [-0.15, -0.1) is 0 Å². The molecular formula is C22H25Cl2NO4. The van der Waals surface area contributed by atoms with Crippen LogP contribution in [0.3, 0.4) is 0 Å². The van der Waals surface area contributed by atoms with Crippen LogP contribution in [0.2, 0.25) is 10.0 Å². The van der Waals surface area contributed by atoms with Gasteiger partial charge in [-0.3, -0.25) is 4.79 Å². The summed E-state index contributed by atoms with van der Waals surface area (Å²) < 4.78 is 16.5. The minimum absolute atomic E-state index is 0.0160. The summed E-state index contributed by atoms with van der Waals surface area (Å²) in [5, 5.41) is 1.03. The zero-order valence-electron chi connectivity index (χ0n) is 16.8. The van der Waals surface area contributed by atoms with E-state index in [2.05, 4.69) is 0 Å². The molecule has 5 nitrogen and oxygen atoms in total. The SMILES string of the molecule is COc1cc2c(cc1OC)[C@H](C)N(C(=O)CCCOc1ccc(Cl)cc1Cl)CC2. The molecule has 0 radical (unpaired) electrons. The molecule has 0 bridgehead atoms. The smallest absolute Gasteiger partial charge is 0.223 e. The molecule has 29 heavy (non-hydrogen) atoms. The topological polar surface area (TPSA) is 48.0 Å². The molecule has 0 spiro atoms. The summed E-state index contributed by atoms with van der Waals surface area (Å²) in [5.41, 5.74) is 2.30. The lowest BCUT2D eigenvalue weighted by Gasteiger charge is -2.36. The van der Waals surface area contributed by atoms with Gasteiger partial charge >= 0.3 is 0 Å². The molecule has 7 heteroatoms. The highest BCUT2D eigenvalue weighted by Gasteiger charge is 2.28. The van der Waals surface area contributed by atoms with Gasteiger partial charge in [0.05, 0.1) is 31.9 Å². The number of ether oxygens (including phenoxy) is 3. The van der Waals surface area contributed by atoms with Gasteiger partial charge in [-0.1, -0.05) is 23.2 Å². The van der Waals surface area contributed by atoms with Gasteiger partial charge in [0.25, 0.3) is 0 Å². The second kappa shape index (κ2) is 9.59. The van der Waals surface area contributed by atoms with Crippen LogP contribution in [0.25, 0.3) is 0 Å². The molecule has 2 aromatic rings. The molecule has 0 saturated carbocycles. The largest absolute Gasteiger partial charge is 0.493 e. The Morgan fingerprint density at radius 3 is 2.52 bits per heavy atom. The Kier molecular flexibility index (Phi) is 7.14. The van der Waals surface area contributed by atoms with E-state index in [1.807, 2.05) is 24.0 Å². The highest BCUT2D eigenvalue weighted by molar-refractivity contribution is 6.35. The van der Waals surface area contributed by atoms with E-state index < -0.39 is 0 Å². The Hall–Kier alpha value is -2.11. The van der Waals surface area contributed by atoms with Crippen molar-refractivity contribution in [2.75, 3.05) is 27.4 Å². The van der Waals surface area contributed by atoms with Crippen molar-refractivity contribution in [1.29, 1.82) is 0 Å². The second-order valence-electron chi connectivity index (χ2n) is 6.95. The standard InChI is InChI=1S/C22H25Cl2NO4/c1-14-17-13-21(28-3)20(27-2)11-15(17)8-9-25(14)22(26)5-4-10-29-19-7-6-16(23)12-18(19)24/h6-7,11-14H,4-5,8-10H2,1-3H3/t14-/m0/s1. The molecule has 1 amide bonds. The van der Waals surface area contributed by atoms with Crippen LogP contribution in [-0.4, -0.2) is 38.2 Å². The minimum Gasteiger partial charge on any atom is -0.493 e. The van der Waals surface area contributed by atoms with E-state index in [4.69, 9.17) is 37.4 Å². The summed E-state index contributed by atoms with van der Waals surface area (Å²) >= 11 is 12.0. The van der Waals surface area contributed by atoms with Gasteiger partial charge in [0.1, 0.15) is 5.75 Å². The second-order valence-corrected chi connectivity index (χ2v) is 7.79. The van der Waals surface area contributed by atoms with Crippen molar-refractivity contribution in [3.05, 3.63) is 51.5 Å². The van der Waals surface area contributed by atoms with Gasteiger partial charge < -0.3 is 19.1 Å². The molecule has 1 aliphatic rings. The van der Waals surface area contributed by atoms with Gasteiger partial charge in [0, 0.05) is 18.0 Å². The number of carbonyl (C=O) groups is 1. The van der Waals surface area contributed by atoms with E-state index in [0.717, 1.165) is 17.7 Å². The summed E-state index contributed by atoms with van der Waals surface area (Å²) in [6.07, 6.45) is 1.82. The van der Waals surface area contributed by atoms with E-state index in [1.54, 1.807) is 32.4 Å². The lowest BCUT2D eigenvalue weighted by Crippen LogP contribution is -2.38. The van der Waals surface area contributed by atoms with Crippen LogP contribution in [0.15, 0.2) is 30.3 Å². The van der Waals surface area contributed by atoms with Crippen LogP contribution < -0.4 is 14.2 Å². The predicted molar refractivity (Wildman–Crippen MR) is 115 cm³/mol. The van der Waals surface area contributed by atoms with Crippen molar-refractivity contribution in [2.45, 2.75) is 32.2 Å². The maximum atomic E-state index is 12.8. The van der Waals surface area contributed by atoms with Crippen molar-refractivity contribution < 1.29 is 19.0 Å². The Balaban J connectivity index is 1.58. The van der Waals surface area contributed by atoms with E-state index in [-0.39, 0.29) is 11.9 Å². The first kappa shape index (κ1) is 21.6. The number of hydrogen-bond donors (Lipinski definition) is 0. The van der Waals surface area contributed by atoms with Crippen molar-refractivity contribution >= 4 is 29.1 Å². The Morgan fingerprint density at radius 2 is 1.83 bits per heavy atom. The molecular weight excluding hydrogens is 413 g/mol. The lowest BCUT2D eigenvalue weighted by atomic mass is 9.92. The summed E-state index contributed by atoms with van der Waals surface area (Å²) in [6, 6.07) is 9.07. The summed E-state index contributed by atoms with van der Waals surface area (Å²) in [5.74, 6) is 2.09. The summed E-state index contributed by atoms with van der Waals surface area (Å²) in [6.45, 7) is 3.15. The van der Waals surface area contributed by atoms with E-state index >= 15 is 0 Å². The first-order valence-electron chi connectivity index (χ1n) is 9.56. The molecule has 1 atom stereocenters. The molecule has 0 aromatic heterocycles. The molecule has 3 rings (SSSR count). The highest BCUT2D eigenvalue weighted by Crippen LogP contribution is 2.38. The van der Waals surface area contributed by atoms with Gasteiger partial charge in [-0.25, -0.2) is 0 Å². The van der Waals surface area contributed by atoms with Gasteiger partial charge in [-0.05, 0) is 61.2 Å². The van der Waals surface area contributed by atoms with E-state index in [1.165, 1.54) is 5.56 Å². The van der Waals surface area contributed by atoms with Crippen molar-refractivity contribution in [1.82, 2.24) is 4.90 Å². The molecule has 0 saturated heterocycles. The van der Waals surface area contributed by atoms with E-state index in [9.17, 15) is 4.79 Å². The predicted octanol–water partition coefficient (Wildman–Crippen LogP) is 5.32. The maximum Gasteiger partial charge on any atom is 0.223 e.